The normalized spacial score (nSPS) is 14.2. The zero-order chi connectivity index (χ0) is 17.8. The fourth-order valence-electron chi connectivity index (χ4n) is 2.91. The van der Waals surface area contributed by atoms with E-state index in [2.05, 4.69) is 40.5 Å². The van der Waals surface area contributed by atoms with E-state index in [1.54, 1.807) is 18.3 Å². The number of carbonyl (C=O) groups is 1. The van der Waals surface area contributed by atoms with Crippen LogP contribution in [0.5, 0.6) is 0 Å². The van der Waals surface area contributed by atoms with Gasteiger partial charge in [0.25, 0.3) is 0 Å². The molecule has 1 heterocycles. The monoisotopic (exact) mass is 357 g/mol. The van der Waals surface area contributed by atoms with Crippen LogP contribution in [-0.2, 0) is 0 Å². The van der Waals surface area contributed by atoms with Crippen LogP contribution in [0.2, 0.25) is 5.02 Å². The fourth-order valence-corrected chi connectivity index (χ4v) is 3.11. The number of benzene rings is 2. The molecular formula is C19H20ClN3O2. The highest BCUT2D eigenvalue weighted by atomic mass is 35.5. The second-order valence-electron chi connectivity index (χ2n) is 6.10. The minimum absolute atomic E-state index is 0.0491. The van der Waals surface area contributed by atoms with E-state index in [0.29, 0.717) is 5.69 Å². The molecule has 2 aromatic carbocycles. The number of nitrogens with one attached hydrogen (secondary N) is 1. The predicted molar refractivity (Wildman–Crippen MR) is 102 cm³/mol. The van der Waals surface area contributed by atoms with E-state index in [9.17, 15) is 4.79 Å². The molecule has 1 aliphatic rings. The molecule has 0 bridgehead atoms. The highest BCUT2D eigenvalue weighted by Gasteiger charge is 2.12. The Labute approximate surface area is 151 Å². The van der Waals surface area contributed by atoms with Crippen molar-refractivity contribution in [3.05, 3.63) is 58.1 Å². The molecule has 2 N–H and O–H groups in total. The molecule has 1 saturated heterocycles. The summed E-state index contributed by atoms with van der Waals surface area (Å²) < 4.78 is 0. The van der Waals surface area contributed by atoms with Gasteiger partial charge in [-0.2, -0.15) is 5.10 Å². The van der Waals surface area contributed by atoms with Crippen LogP contribution in [0.15, 0.2) is 41.5 Å². The van der Waals surface area contributed by atoms with Gasteiger partial charge in [0, 0.05) is 18.8 Å². The molecule has 5 nitrogen and oxygen atoms in total. The Morgan fingerprint density at radius 1 is 1.24 bits per heavy atom. The molecule has 25 heavy (non-hydrogen) atoms. The number of carboxylic acid groups (broad SMARTS) is 1. The molecule has 1 aliphatic heterocycles. The summed E-state index contributed by atoms with van der Waals surface area (Å²) >= 11 is 5.86. The highest BCUT2D eigenvalue weighted by Crippen LogP contribution is 2.23. The van der Waals surface area contributed by atoms with Gasteiger partial charge in [-0.15, -0.1) is 0 Å². The quantitative estimate of drug-likeness (QED) is 0.615. The van der Waals surface area contributed by atoms with Crippen LogP contribution >= 0.6 is 11.6 Å². The smallest absolute Gasteiger partial charge is 0.337 e. The van der Waals surface area contributed by atoms with Crippen molar-refractivity contribution < 1.29 is 9.90 Å². The van der Waals surface area contributed by atoms with Gasteiger partial charge in [0.15, 0.2) is 0 Å². The lowest BCUT2D eigenvalue weighted by Crippen LogP contribution is -2.17. The Kier molecular flexibility index (Phi) is 5.24. The fraction of sp³-hybridized carbons (Fsp3) is 0.263. The Morgan fingerprint density at radius 2 is 2.00 bits per heavy atom. The van der Waals surface area contributed by atoms with Gasteiger partial charge >= 0.3 is 5.97 Å². The standard InChI is InChI=1S/C19H20ClN3O2/c1-13-10-16(23-8-2-3-9-23)6-4-14(13)12-21-22-15-5-7-18(20)17(11-15)19(24)25/h4-7,10-12,22H,2-3,8-9H2,1H3,(H,24,25). The molecule has 2 aromatic rings. The zero-order valence-electron chi connectivity index (χ0n) is 14.0. The first-order valence-corrected chi connectivity index (χ1v) is 8.60. The van der Waals surface area contributed by atoms with Gasteiger partial charge in [-0.3, -0.25) is 5.43 Å². The first kappa shape index (κ1) is 17.3. The van der Waals surface area contributed by atoms with Gasteiger partial charge in [0.1, 0.15) is 0 Å². The van der Waals surface area contributed by atoms with E-state index < -0.39 is 5.97 Å². The molecule has 0 aromatic heterocycles. The molecular weight excluding hydrogens is 338 g/mol. The number of carboxylic acids is 1. The lowest BCUT2D eigenvalue weighted by atomic mass is 10.1. The number of hydrazone groups is 1. The molecule has 0 saturated carbocycles. The average molecular weight is 358 g/mol. The van der Waals surface area contributed by atoms with Crippen molar-refractivity contribution in [2.75, 3.05) is 23.4 Å². The van der Waals surface area contributed by atoms with Crippen LogP contribution in [0.3, 0.4) is 0 Å². The van der Waals surface area contributed by atoms with Crippen molar-refractivity contribution in [2.24, 2.45) is 5.10 Å². The van der Waals surface area contributed by atoms with Crippen LogP contribution < -0.4 is 10.3 Å². The molecule has 0 atom stereocenters. The van der Waals surface area contributed by atoms with E-state index in [1.807, 2.05) is 0 Å². The number of aromatic carboxylic acids is 1. The molecule has 3 rings (SSSR count). The number of hydrogen-bond donors (Lipinski definition) is 2. The predicted octanol–water partition coefficient (Wildman–Crippen LogP) is 4.39. The topological polar surface area (TPSA) is 64.9 Å². The summed E-state index contributed by atoms with van der Waals surface area (Å²) in [6.07, 6.45) is 4.25. The lowest BCUT2D eigenvalue weighted by Gasteiger charge is -2.18. The number of hydrogen-bond acceptors (Lipinski definition) is 4. The maximum Gasteiger partial charge on any atom is 0.337 e. The lowest BCUT2D eigenvalue weighted by molar-refractivity contribution is 0.0697. The van der Waals surface area contributed by atoms with E-state index in [4.69, 9.17) is 16.7 Å². The number of nitrogens with zero attached hydrogens (tertiary/aromatic N) is 2. The van der Waals surface area contributed by atoms with E-state index in [0.717, 1.165) is 24.2 Å². The second kappa shape index (κ2) is 7.57. The highest BCUT2D eigenvalue weighted by molar-refractivity contribution is 6.33. The van der Waals surface area contributed by atoms with Gasteiger partial charge in [-0.1, -0.05) is 17.7 Å². The summed E-state index contributed by atoms with van der Waals surface area (Å²) in [5.74, 6) is -1.06. The maximum absolute atomic E-state index is 11.1. The Morgan fingerprint density at radius 3 is 2.68 bits per heavy atom. The largest absolute Gasteiger partial charge is 0.478 e. The number of aryl methyl sites for hydroxylation is 1. The Bertz CT molecular complexity index is 814. The number of anilines is 2. The molecule has 0 spiro atoms. The zero-order valence-corrected chi connectivity index (χ0v) is 14.8. The second-order valence-corrected chi connectivity index (χ2v) is 6.51. The SMILES string of the molecule is Cc1cc(N2CCCC2)ccc1C=NNc1ccc(Cl)c(C(=O)O)c1. The van der Waals surface area contributed by atoms with Crippen molar-refractivity contribution in [1.82, 2.24) is 0 Å². The van der Waals surface area contributed by atoms with Crippen molar-refractivity contribution in [1.29, 1.82) is 0 Å². The molecule has 0 amide bonds. The van der Waals surface area contributed by atoms with Crippen LogP contribution in [-0.4, -0.2) is 30.4 Å². The number of rotatable bonds is 5. The van der Waals surface area contributed by atoms with Crippen molar-refractivity contribution in [2.45, 2.75) is 19.8 Å². The van der Waals surface area contributed by atoms with Crippen molar-refractivity contribution in [3.63, 3.8) is 0 Å². The molecule has 0 unspecified atom stereocenters. The summed E-state index contributed by atoms with van der Waals surface area (Å²) in [5.41, 5.74) is 6.89. The molecule has 130 valence electrons. The van der Waals surface area contributed by atoms with E-state index in [-0.39, 0.29) is 10.6 Å². The van der Waals surface area contributed by atoms with Crippen LogP contribution in [0, 0.1) is 6.92 Å². The minimum Gasteiger partial charge on any atom is -0.478 e. The van der Waals surface area contributed by atoms with Gasteiger partial charge < -0.3 is 10.0 Å². The first-order chi connectivity index (χ1) is 12.0. The molecule has 6 heteroatoms. The van der Waals surface area contributed by atoms with Gasteiger partial charge in [-0.25, -0.2) is 4.79 Å². The van der Waals surface area contributed by atoms with E-state index >= 15 is 0 Å². The molecule has 0 radical (unpaired) electrons. The van der Waals surface area contributed by atoms with Crippen LogP contribution in [0.4, 0.5) is 11.4 Å². The average Bonchev–Trinajstić information content (AvgIpc) is 3.12. The van der Waals surface area contributed by atoms with Gasteiger partial charge in [-0.05, 0) is 61.2 Å². The maximum atomic E-state index is 11.1. The van der Waals surface area contributed by atoms with E-state index in [1.165, 1.54) is 24.6 Å². The summed E-state index contributed by atoms with van der Waals surface area (Å²) in [4.78, 5) is 13.5. The molecule has 0 aliphatic carbocycles. The van der Waals surface area contributed by atoms with Crippen LogP contribution in [0.1, 0.15) is 34.3 Å². The minimum atomic E-state index is -1.06. The van der Waals surface area contributed by atoms with Crippen LogP contribution in [0.25, 0.3) is 0 Å². The first-order valence-electron chi connectivity index (χ1n) is 8.22. The number of halogens is 1. The third-order valence-corrected chi connectivity index (χ3v) is 4.65. The van der Waals surface area contributed by atoms with Crippen molar-refractivity contribution in [3.8, 4) is 0 Å². The van der Waals surface area contributed by atoms with Crippen molar-refractivity contribution >= 4 is 35.2 Å². The summed E-state index contributed by atoms with van der Waals surface area (Å²) in [5, 5.41) is 13.5. The Balaban J connectivity index is 1.70. The summed E-state index contributed by atoms with van der Waals surface area (Å²) in [7, 11) is 0. The van der Waals surface area contributed by atoms with Gasteiger partial charge in [0.2, 0.25) is 0 Å². The third kappa shape index (κ3) is 4.12. The molecule has 1 fully saturated rings. The summed E-state index contributed by atoms with van der Waals surface area (Å²) in [6.45, 7) is 4.31. The summed E-state index contributed by atoms with van der Waals surface area (Å²) in [6, 6.07) is 11.0. The van der Waals surface area contributed by atoms with Gasteiger partial charge in [0.05, 0.1) is 22.5 Å². The third-order valence-electron chi connectivity index (χ3n) is 4.32. The Hall–Kier alpha value is -2.53.